The first-order valence-corrected chi connectivity index (χ1v) is 8.44. The third-order valence-electron chi connectivity index (χ3n) is 5.87. The van der Waals surface area contributed by atoms with E-state index in [0.29, 0.717) is 0 Å². The summed E-state index contributed by atoms with van der Waals surface area (Å²) in [4.78, 5) is 36.6. The van der Waals surface area contributed by atoms with Crippen LogP contribution in [-0.2, 0) is 23.9 Å². The molecule has 3 aliphatic rings. The number of rotatable bonds is 4. The molecule has 0 aromatic carbocycles. The lowest BCUT2D eigenvalue weighted by Crippen LogP contribution is -2.51. The fourth-order valence-corrected chi connectivity index (χ4v) is 4.81. The minimum absolute atomic E-state index is 0.107. The van der Waals surface area contributed by atoms with Gasteiger partial charge in [0.1, 0.15) is 11.5 Å². The molecule has 0 saturated heterocycles. The van der Waals surface area contributed by atoms with Gasteiger partial charge in [0.05, 0.1) is 0 Å². The summed E-state index contributed by atoms with van der Waals surface area (Å²) in [7, 11) is 0. The van der Waals surface area contributed by atoms with Crippen molar-refractivity contribution in [1.29, 1.82) is 0 Å². The molecule has 0 heterocycles. The number of ketones is 1. The Morgan fingerprint density at radius 3 is 2.25 bits per heavy atom. The molecule has 3 saturated carbocycles. The Kier molecular flexibility index (Phi) is 4.59. The van der Waals surface area contributed by atoms with Gasteiger partial charge in [0, 0.05) is 17.9 Å². The van der Waals surface area contributed by atoms with Crippen molar-refractivity contribution >= 4 is 17.7 Å². The van der Waals surface area contributed by atoms with Crippen molar-refractivity contribution in [2.45, 2.75) is 50.7 Å². The second-order valence-corrected chi connectivity index (χ2v) is 7.59. The van der Waals surface area contributed by atoms with E-state index in [9.17, 15) is 40.7 Å². The van der Waals surface area contributed by atoms with Crippen molar-refractivity contribution in [3.63, 3.8) is 0 Å². The normalized spacial score (nSPS) is 34.1. The molecule has 0 amide bonds. The number of hydrogen-bond acceptors (Lipinski definition) is 5. The number of alkyl halides is 6. The van der Waals surface area contributed by atoms with E-state index >= 15 is 0 Å². The molecule has 0 aromatic rings. The standard InChI is InChI=1S/C17H16F6O5/c1-6(2)12(25)27-11-7-3-9-8(11)4-10(24)15(9,5-7)14(26)28-13(16(18,19)20)17(21,22)23/h7-9,11,13H,1,3-5H2,2H3. The molecule has 2 bridgehead atoms. The van der Waals surface area contributed by atoms with Gasteiger partial charge in [-0.1, -0.05) is 6.58 Å². The lowest BCUT2D eigenvalue weighted by Gasteiger charge is -2.35. The monoisotopic (exact) mass is 414 g/mol. The van der Waals surface area contributed by atoms with Crippen LogP contribution in [0.15, 0.2) is 12.2 Å². The maximum absolute atomic E-state index is 12.7. The first-order chi connectivity index (χ1) is 12.7. The lowest BCUT2D eigenvalue weighted by atomic mass is 9.73. The van der Waals surface area contributed by atoms with E-state index < -0.39 is 65.5 Å². The number of halogens is 6. The van der Waals surface area contributed by atoms with Gasteiger partial charge in [-0.05, 0) is 31.6 Å². The lowest BCUT2D eigenvalue weighted by molar-refractivity contribution is -0.315. The first kappa shape index (κ1) is 20.7. The second-order valence-electron chi connectivity index (χ2n) is 7.59. The Labute approximate surface area is 155 Å². The zero-order valence-corrected chi connectivity index (χ0v) is 14.5. The number of carbonyl (C=O) groups is 3. The molecule has 3 fully saturated rings. The Morgan fingerprint density at radius 1 is 1.18 bits per heavy atom. The number of ether oxygens (including phenoxy) is 2. The molecule has 5 unspecified atom stereocenters. The van der Waals surface area contributed by atoms with E-state index in [1.165, 1.54) is 6.92 Å². The van der Waals surface area contributed by atoms with Crippen LogP contribution in [-0.4, -0.2) is 42.3 Å². The zero-order valence-electron chi connectivity index (χ0n) is 14.5. The molecule has 156 valence electrons. The van der Waals surface area contributed by atoms with E-state index in [2.05, 4.69) is 11.3 Å². The van der Waals surface area contributed by atoms with Crippen LogP contribution in [0.1, 0.15) is 26.2 Å². The van der Waals surface area contributed by atoms with Gasteiger partial charge in [0.15, 0.2) is 5.78 Å². The molecule has 28 heavy (non-hydrogen) atoms. The number of fused-ring (bicyclic) bond motifs is 1. The summed E-state index contributed by atoms with van der Waals surface area (Å²) in [5.74, 6) is -5.27. The predicted octanol–water partition coefficient (Wildman–Crippen LogP) is 3.13. The third kappa shape index (κ3) is 2.98. The zero-order chi connectivity index (χ0) is 21.2. The molecule has 3 aliphatic carbocycles. The van der Waals surface area contributed by atoms with Crippen molar-refractivity contribution in [2.24, 2.45) is 23.2 Å². The number of hydrogen-bond donors (Lipinski definition) is 0. The van der Waals surface area contributed by atoms with E-state index in [1.807, 2.05) is 0 Å². The summed E-state index contributed by atoms with van der Waals surface area (Å²) in [5, 5.41) is 0. The van der Waals surface area contributed by atoms with Gasteiger partial charge in [0.25, 0.3) is 6.10 Å². The van der Waals surface area contributed by atoms with Crippen LogP contribution in [0.25, 0.3) is 0 Å². The fraction of sp³-hybridized carbons (Fsp3) is 0.706. The Morgan fingerprint density at radius 2 is 1.75 bits per heavy atom. The van der Waals surface area contributed by atoms with Crippen molar-refractivity contribution in [3.05, 3.63) is 12.2 Å². The van der Waals surface area contributed by atoms with Crippen molar-refractivity contribution in [2.75, 3.05) is 0 Å². The minimum atomic E-state index is -5.86. The largest absolute Gasteiger partial charge is 0.458 e. The SMILES string of the molecule is C=C(C)C(=O)OC1C2CC3C1CC(=O)C3(C(=O)OC(C(F)(F)F)C(F)(F)F)C2. The average Bonchev–Trinajstić information content (AvgIpc) is 3.12. The van der Waals surface area contributed by atoms with Gasteiger partial charge in [-0.25, -0.2) is 4.79 Å². The number of carbonyl (C=O) groups excluding carboxylic acids is 3. The van der Waals surface area contributed by atoms with Crippen LogP contribution >= 0.6 is 0 Å². The van der Waals surface area contributed by atoms with Crippen LogP contribution in [0.5, 0.6) is 0 Å². The molecule has 0 aromatic heterocycles. The number of Topliss-reactive ketones (excluding diaryl/α,β-unsaturated/α-hetero) is 1. The molecule has 0 N–H and O–H groups in total. The highest BCUT2D eigenvalue weighted by Crippen LogP contribution is 2.66. The smallest absolute Gasteiger partial charge is 0.434 e. The molecule has 0 spiro atoms. The van der Waals surface area contributed by atoms with Crippen molar-refractivity contribution < 1.29 is 50.2 Å². The molecule has 5 nitrogen and oxygen atoms in total. The van der Waals surface area contributed by atoms with Crippen LogP contribution in [0.4, 0.5) is 26.3 Å². The van der Waals surface area contributed by atoms with Gasteiger partial charge in [-0.2, -0.15) is 26.3 Å². The van der Waals surface area contributed by atoms with E-state index in [0.717, 1.165) is 0 Å². The summed E-state index contributed by atoms with van der Waals surface area (Å²) in [6.45, 7) is 4.84. The molecule has 0 aliphatic heterocycles. The second kappa shape index (κ2) is 6.21. The van der Waals surface area contributed by atoms with E-state index in [-0.39, 0.29) is 24.8 Å². The maximum Gasteiger partial charge on any atom is 0.434 e. The van der Waals surface area contributed by atoms with Crippen LogP contribution in [0.2, 0.25) is 0 Å². The summed E-state index contributed by atoms with van der Waals surface area (Å²) in [6.07, 6.45) is -17.1. The Balaban J connectivity index is 1.83. The van der Waals surface area contributed by atoms with Crippen LogP contribution in [0, 0.1) is 23.2 Å². The minimum Gasteiger partial charge on any atom is -0.458 e. The molecular weight excluding hydrogens is 398 g/mol. The molecular formula is C17H16F6O5. The summed E-state index contributed by atoms with van der Waals surface area (Å²) < 4.78 is 85.5. The fourth-order valence-electron chi connectivity index (χ4n) is 4.81. The van der Waals surface area contributed by atoms with Gasteiger partial charge in [0.2, 0.25) is 0 Å². The highest BCUT2D eigenvalue weighted by Gasteiger charge is 2.74. The predicted molar refractivity (Wildman–Crippen MR) is 78.4 cm³/mol. The van der Waals surface area contributed by atoms with Crippen molar-refractivity contribution in [1.82, 2.24) is 0 Å². The quantitative estimate of drug-likeness (QED) is 0.306. The Hall–Kier alpha value is -2.07. The van der Waals surface area contributed by atoms with Gasteiger partial charge >= 0.3 is 24.3 Å². The Bertz CT molecular complexity index is 727. The summed E-state index contributed by atoms with van der Waals surface area (Å²) >= 11 is 0. The maximum atomic E-state index is 12.7. The molecule has 0 radical (unpaired) electrons. The molecule has 11 heteroatoms. The van der Waals surface area contributed by atoms with Crippen LogP contribution in [0.3, 0.4) is 0 Å². The van der Waals surface area contributed by atoms with Crippen molar-refractivity contribution in [3.8, 4) is 0 Å². The molecule has 5 atom stereocenters. The van der Waals surface area contributed by atoms with Gasteiger partial charge in [-0.3, -0.25) is 9.59 Å². The average molecular weight is 414 g/mol. The summed E-state index contributed by atoms with van der Waals surface area (Å²) in [5.41, 5.74) is -1.94. The van der Waals surface area contributed by atoms with E-state index in [4.69, 9.17) is 4.74 Å². The van der Waals surface area contributed by atoms with Gasteiger partial charge in [-0.15, -0.1) is 0 Å². The van der Waals surface area contributed by atoms with Crippen LogP contribution < -0.4 is 0 Å². The highest BCUT2D eigenvalue weighted by atomic mass is 19.4. The third-order valence-corrected chi connectivity index (χ3v) is 5.87. The highest BCUT2D eigenvalue weighted by molar-refractivity contribution is 6.07. The molecule has 3 rings (SSSR count). The summed E-state index contributed by atoms with van der Waals surface area (Å²) in [6, 6.07) is 0. The first-order valence-electron chi connectivity index (χ1n) is 8.44. The number of esters is 2. The van der Waals surface area contributed by atoms with E-state index in [1.54, 1.807) is 0 Å². The van der Waals surface area contributed by atoms with Gasteiger partial charge < -0.3 is 9.47 Å². The topological polar surface area (TPSA) is 69.7 Å².